The van der Waals surface area contributed by atoms with Crippen molar-refractivity contribution in [3.05, 3.63) is 69.8 Å². The molecule has 4 rings (SSSR count). The maximum Gasteiger partial charge on any atom is 0.322 e. The summed E-state index contributed by atoms with van der Waals surface area (Å²) < 4.78 is 7.57. The molecule has 0 radical (unpaired) electrons. The van der Waals surface area contributed by atoms with Crippen LogP contribution in [0.2, 0.25) is 10.0 Å². The molecule has 0 spiro atoms. The molecule has 38 heavy (non-hydrogen) atoms. The van der Waals surface area contributed by atoms with Crippen LogP contribution < -0.4 is 20.8 Å². The second-order valence-corrected chi connectivity index (χ2v) is 9.20. The summed E-state index contributed by atoms with van der Waals surface area (Å²) >= 11 is 12.5. The summed E-state index contributed by atoms with van der Waals surface area (Å²) in [6.45, 7) is 1.51. The molecule has 0 aliphatic carbocycles. The first-order valence-electron chi connectivity index (χ1n) is 11.6. The van der Waals surface area contributed by atoms with Gasteiger partial charge in [0.2, 0.25) is 5.71 Å². The highest BCUT2D eigenvalue weighted by Gasteiger charge is 2.21. The lowest BCUT2D eigenvalue weighted by Gasteiger charge is -2.17. The van der Waals surface area contributed by atoms with E-state index >= 15 is 0 Å². The molecular weight excluding hydrogens is 529 g/mol. The van der Waals surface area contributed by atoms with Crippen LogP contribution in [0.3, 0.4) is 0 Å². The predicted molar refractivity (Wildman–Crippen MR) is 143 cm³/mol. The number of benzene rings is 2. The van der Waals surface area contributed by atoms with Crippen molar-refractivity contribution in [1.29, 1.82) is 5.26 Å². The van der Waals surface area contributed by atoms with Crippen molar-refractivity contribution in [1.82, 2.24) is 24.9 Å². The van der Waals surface area contributed by atoms with Crippen LogP contribution in [-0.2, 0) is 6.54 Å². The summed E-state index contributed by atoms with van der Waals surface area (Å²) in [5.74, 6) is 0.941. The van der Waals surface area contributed by atoms with E-state index < -0.39 is 0 Å². The van der Waals surface area contributed by atoms with Gasteiger partial charge in [-0.15, -0.1) is 5.10 Å². The number of carbonyl (C=O) groups excluding carboxylic acids is 1. The Bertz CT molecular complexity index is 1550. The quantitative estimate of drug-likeness (QED) is 0.268. The monoisotopic (exact) mass is 553 g/mol. The molecule has 0 fully saturated rings. The second-order valence-electron chi connectivity index (χ2n) is 8.35. The van der Waals surface area contributed by atoms with Crippen LogP contribution in [0.1, 0.15) is 11.1 Å². The number of quaternary nitrogens is 1. The van der Waals surface area contributed by atoms with E-state index in [2.05, 4.69) is 20.6 Å². The number of nitriles is 1. The van der Waals surface area contributed by atoms with E-state index in [4.69, 9.17) is 33.3 Å². The van der Waals surface area contributed by atoms with Gasteiger partial charge in [0.05, 0.1) is 47.9 Å². The van der Waals surface area contributed by atoms with Gasteiger partial charge in [-0.2, -0.15) is 5.26 Å². The Balaban J connectivity index is 1.59. The molecule has 4 aromatic rings. The fraction of sp³-hybridized carbons (Fsp3) is 0.200. The van der Waals surface area contributed by atoms with Gasteiger partial charge in [-0.1, -0.05) is 28.4 Å². The van der Waals surface area contributed by atoms with Gasteiger partial charge in [-0.25, -0.2) is 14.5 Å². The summed E-state index contributed by atoms with van der Waals surface area (Å²) in [4.78, 5) is 18.5. The van der Waals surface area contributed by atoms with Crippen LogP contribution in [0.15, 0.2) is 48.7 Å². The van der Waals surface area contributed by atoms with Gasteiger partial charge in [0.1, 0.15) is 18.1 Å². The Labute approximate surface area is 228 Å². The summed E-state index contributed by atoms with van der Waals surface area (Å²) in [6, 6.07) is 13.3. The number of hydrogen-bond donors (Lipinski definition) is 3. The third-order valence-electron chi connectivity index (χ3n) is 5.61. The molecule has 11 nitrogen and oxygen atoms in total. The number of amides is 2. The second kappa shape index (κ2) is 11.9. The number of pyridine rings is 1. The predicted octanol–water partition coefficient (Wildman–Crippen LogP) is 1.70. The molecule has 13 heteroatoms. The van der Waals surface area contributed by atoms with Crippen molar-refractivity contribution >= 4 is 51.8 Å². The minimum Gasteiger partial charge on any atom is -0.453 e. The molecule has 194 valence electrons. The standard InChI is InChI=1S/C25H23Cl2N9O2/c1-30-8-9-35(2)25(37)32-24-18(4-3-7-31-24)20(29)14-36-21-6-5-19(27)23(22(21)33-34-36)38-17-11-15(13-28)10-16(26)12-17/h3-7,10-12,29-30H,8-9,14H2,1-2H3,(H,31,32,37)/p+2. The van der Waals surface area contributed by atoms with Crippen LogP contribution in [0.25, 0.3) is 11.0 Å². The summed E-state index contributed by atoms with van der Waals surface area (Å²) in [6.07, 6.45) is 1.58. The SMILES string of the molecule is C[NH2+]CCN(C)C(=O)Nc1ncccc1C(=[NH2+])Cn1nnc2c(Oc3cc(Cl)cc(C#N)c3)c(Cl)ccc21. The zero-order valence-corrected chi connectivity index (χ0v) is 22.2. The number of fused-ring (bicyclic) bond motifs is 1. The van der Waals surface area contributed by atoms with Crippen LogP contribution in [0.5, 0.6) is 11.5 Å². The lowest BCUT2D eigenvalue weighted by Crippen LogP contribution is -2.81. The minimum atomic E-state index is -0.289. The number of rotatable bonds is 9. The highest BCUT2D eigenvalue weighted by molar-refractivity contribution is 6.33. The van der Waals surface area contributed by atoms with Gasteiger partial charge >= 0.3 is 6.03 Å². The zero-order chi connectivity index (χ0) is 27.2. The summed E-state index contributed by atoms with van der Waals surface area (Å²) in [5.41, 5.74) is 2.33. The fourth-order valence-corrected chi connectivity index (χ4v) is 4.05. The number of nitrogens with two attached hydrogens (primary N) is 2. The number of halogens is 2. The molecule has 0 atom stereocenters. The number of nitrogens with one attached hydrogen (secondary N) is 1. The first-order chi connectivity index (χ1) is 18.3. The topological polar surface area (TPSA) is 151 Å². The van der Waals surface area contributed by atoms with Gasteiger partial charge < -0.3 is 15.0 Å². The molecule has 0 aliphatic heterocycles. The van der Waals surface area contributed by atoms with Gasteiger partial charge in [-0.3, -0.25) is 10.7 Å². The van der Waals surface area contributed by atoms with E-state index in [1.165, 1.54) is 6.07 Å². The normalized spacial score (nSPS) is 10.7. The first-order valence-corrected chi connectivity index (χ1v) is 12.3. The smallest absolute Gasteiger partial charge is 0.322 e. The molecule has 2 heterocycles. The molecule has 5 N–H and O–H groups in total. The van der Waals surface area contributed by atoms with E-state index in [9.17, 15) is 10.1 Å². The van der Waals surface area contributed by atoms with Gasteiger partial charge in [0.25, 0.3) is 0 Å². The summed E-state index contributed by atoms with van der Waals surface area (Å²) in [7, 11) is 3.66. The number of carbonyl (C=O) groups is 1. The molecule has 2 aromatic heterocycles. The molecule has 0 aliphatic rings. The van der Waals surface area contributed by atoms with Crippen LogP contribution in [0.4, 0.5) is 10.6 Å². The van der Waals surface area contributed by atoms with Gasteiger partial charge in [-0.05, 0) is 42.5 Å². The Morgan fingerprint density at radius 1 is 1.29 bits per heavy atom. The number of hydrogen-bond acceptors (Lipinski definition) is 6. The van der Waals surface area contributed by atoms with Crippen LogP contribution in [0, 0.1) is 11.3 Å². The number of aromatic nitrogens is 4. The number of likely N-dealkylation sites (N-methyl/N-ethyl adjacent to an activating group) is 2. The number of urea groups is 1. The van der Waals surface area contributed by atoms with Crippen molar-refractivity contribution in [3.8, 4) is 17.6 Å². The molecule has 2 aromatic carbocycles. The Kier molecular flexibility index (Phi) is 8.38. The first kappa shape index (κ1) is 26.8. The minimum absolute atomic E-state index is 0.155. The fourth-order valence-electron chi connectivity index (χ4n) is 3.64. The van der Waals surface area contributed by atoms with Crippen molar-refractivity contribution in [2.24, 2.45) is 0 Å². The maximum absolute atomic E-state index is 12.6. The third-order valence-corrected chi connectivity index (χ3v) is 6.13. The number of nitrogens with zero attached hydrogens (tertiary/aromatic N) is 6. The molecule has 0 unspecified atom stereocenters. The number of ether oxygens (including phenoxy) is 1. The van der Waals surface area contributed by atoms with E-state index in [0.29, 0.717) is 56.0 Å². The largest absolute Gasteiger partial charge is 0.453 e. The van der Waals surface area contributed by atoms with E-state index in [0.717, 1.165) is 6.54 Å². The third kappa shape index (κ3) is 6.00. The van der Waals surface area contributed by atoms with Crippen molar-refractivity contribution in [3.63, 3.8) is 0 Å². The van der Waals surface area contributed by atoms with E-state index in [-0.39, 0.29) is 18.3 Å². The molecule has 0 bridgehead atoms. The van der Waals surface area contributed by atoms with Crippen LogP contribution in [-0.4, -0.2) is 63.8 Å². The Hall–Kier alpha value is -4.24. The summed E-state index contributed by atoms with van der Waals surface area (Å²) in [5, 5.41) is 29.7. The molecule has 0 saturated carbocycles. The Morgan fingerprint density at radius 3 is 2.87 bits per heavy atom. The zero-order valence-electron chi connectivity index (χ0n) is 20.7. The average molecular weight is 554 g/mol. The van der Waals surface area contributed by atoms with Crippen molar-refractivity contribution < 1.29 is 20.3 Å². The van der Waals surface area contributed by atoms with E-state index in [1.807, 2.05) is 18.4 Å². The number of anilines is 1. The molecular formula is C25H25Cl2N9O2+2. The van der Waals surface area contributed by atoms with Gasteiger partial charge in [0, 0.05) is 18.3 Å². The van der Waals surface area contributed by atoms with E-state index in [1.54, 1.807) is 59.2 Å². The highest BCUT2D eigenvalue weighted by atomic mass is 35.5. The molecule has 2 amide bonds. The van der Waals surface area contributed by atoms with Gasteiger partial charge in [0.15, 0.2) is 11.3 Å². The Morgan fingerprint density at radius 2 is 2.11 bits per heavy atom. The van der Waals surface area contributed by atoms with Crippen molar-refractivity contribution in [2.75, 3.05) is 32.5 Å². The highest BCUT2D eigenvalue weighted by Crippen LogP contribution is 2.36. The van der Waals surface area contributed by atoms with Crippen molar-refractivity contribution in [2.45, 2.75) is 6.54 Å². The lowest BCUT2D eigenvalue weighted by molar-refractivity contribution is -0.626. The average Bonchev–Trinajstić information content (AvgIpc) is 3.31. The lowest BCUT2D eigenvalue weighted by atomic mass is 10.1. The maximum atomic E-state index is 12.6. The van der Waals surface area contributed by atoms with Crippen LogP contribution >= 0.6 is 23.2 Å². The molecule has 0 saturated heterocycles.